The first-order valence-electron chi connectivity index (χ1n) is 14.9. The van der Waals surface area contributed by atoms with Gasteiger partial charge < -0.3 is 30.5 Å². The minimum Gasteiger partial charge on any atom is -0.465 e. The van der Waals surface area contributed by atoms with Gasteiger partial charge >= 0.3 is 5.97 Å². The van der Waals surface area contributed by atoms with E-state index in [1.807, 2.05) is 30.3 Å². The molecule has 244 valence electrons. The third-order valence-electron chi connectivity index (χ3n) is 7.41. The number of esters is 1. The number of amides is 3. The molecule has 3 amide bonds. The van der Waals surface area contributed by atoms with Gasteiger partial charge in [-0.15, -0.1) is 0 Å². The highest BCUT2D eigenvalue weighted by Crippen LogP contribution is 2.28. The lowest BCUT2D eigenvalue weighted by Crippen LogP contribution is -2.57. The van der Waals surface area contributed by atoms with Crippen LogP contribution in [0.3, 0.4) is 0 Å². The first-order chi connectivity index (χ1) is 21.6. The summed E-state index contributed by atoms with van der Waals surface area (Å²) < 4.78 is 10.5. The lowest BCUT2D eigenvalue weighted by molar-refractivity contribution is -0.385. The van der Waals surface area contributed by atoms with Crippen LogP contribution in [0, 0.1) is 16.0 Å². The van der Waals surface area contributed by atoms with E-state index in [9.17, 15) is 34.4 Å². The largest absolute Gasteiger partial charge is 0.465 e. The van der Waals surface area contributed by atoms with Gasteiger partial charge in [0.15, 0.2) is 6.10 Å². The summed E-state index contributed by atoms with van der Waals surface area (Å²) in [5.41, 5.74) is 0.0269. The van der Waals surface area contributed by atoms with Gasteiger partial charge in [-0.1, -0.05) is 74.0 Å². The number of nitrogens with one attached hydrogen (secondary N) is 3. The normalized spacial score (nSPS) is 15.3. The summed E-state index contributed by atoms with van der Waals surface area (Å²) in [7, 11) is 0. The smallest absolute Gasteiger partial charge is 0.325 e. The first-order valence-corrected chi connectivity index (χ1v) is 15.2. The van der Waals surface area contributed by atoms with Crippen LogP contribution in [-0.4, -0.2) is 71.7 Å². The lowest BCUT2D eigenvalue weighted by Gasteiger charge is -2.29. The van der Waals surface area contributed by atoms with Crippen LogP contribution in [0.2, 0.25) is 5.02 Å². The second kappa shape index (κ2) is 18.0. The number of benzene rings is 2. The molecule has 0 aliphatic heterocycles. The molecule has 2 aromatic carbocycles. The number of carbonyl (C=O) groups excluding carboxylic acids is 4. The number of rotatable bonds is 16. The number of hydrogen-bond donors (Lipinski definition) is 4. The van der Waals surface area contributed by atoms with Crippen LogP contribution < -0.4 is 16.0 Å². The van der Waals surface area contributed by atoms with Crippen LogP contribution in [0.15, 0.2) is 48.5 Å². The number of nitro benzene ring substituents is 1. The van der Waals surface area contributed by atoms with Gasteiger partial charge in [-0.05, 0) is 37.0 Å². The van der Waals surface area contributed by atoms with Crippen molar-refractivity contribution >= 4 is 41.0 Å². The summed E-state index contributed by atoms with van der Waals surface area (Å²) in [6.07, 6.45) is 3.04. The summed E-state index contributed by atoms with van der Waals surface area (Å²) in [4.78, 5) is 62.4. The fourth-order valence-electron chi connectivity index (χ4n) is 5.10. The Morgan fingerprint density at radius 2 is 1.76 bits per heavy atom. The Morgan fingerprint density at radius 3 is 2.42 bits per heavy atom. The molecule has 1 unspecified atom stereocenters. The molecule has 1 aliphatic rings. The van der Waals surface area contributed by atoms with E-state index in [-0.39, 0.29) is 42.7 Å². The van der Waals surface area contributed by atoms with Gasteiger partial charge in [0.25, 0.3) is 17.5 Å². The Kier molecular flexibility index (Phi) is 14.2. The fraction of sp³-hybridized carbons (Fsp3) is 0.484. The lowest BCUT2D eigenvalue weighted by atomic mass is 9.84. The van der Waals surface area contributed by atoms with E-state index in [0.29, 0.717) is 0 Å². The van der Waals surface area contributed by atoms with Gasteiger partial charge in [0, 0.05) is 11.1 Å². The third kappa shape index (κ3) is 11.4. The number of ether oxygens (including phenoxy) is 2. The van der Waals surface area contributed by atoms with E-state index in [1.165, 1.54) is 6.07 Å². The van der Waals surface area contributed by atoms with E-state index >= 15 is 0 Å². The first kappa shape index (κ1) is 35.4. The highest BCUT2D eigenvalue weighted by Gasteiger charge is 2.33. The maximum atomic E-state index is 13.7. The predicted octanol–water partition coefficient (Wildman–Crippen LogP) is 3.06. The van der Waals surface area contributed by atoms with E-state index < -0.39 is 59.0 Å². The number of hydrogen-bond acceptors (Lipinski definition) is 9. The molecular weight excluding hydrogens is 608 g/mol. The second-order valence-corrected chi connectivity index (χ2v) is 11.2. The topological polar surface area (TPSA) is 186 Å². The van der Waals surface area contributed by atoms with Gasteiger partial charge in [0.1, 0.15) is 18.2 Å². The van der Waals surface area contributed by atoms with E-state index in [4.69, 9.17) is 21.1 Å². The highest BCUT2D eigenvalue weighted by molar-refractivity contribution is 6.31. The molecule has 13 nitrogen and oxygen atoms in total. The molecule has 0 saturated heterocycles. The Balaban J connectivity index is 1.81. The van der Waals surface area contributed by atoms with Crippen LogP contribution in [0.1, 0.15) is 61.4 Å². The molecule has 0 radical (unpaired) electrons. The second-order valence-electron chi connectivity index (χ2n) is 10.8. The van der Waals surface area contributed by atoms with Gasteiger partial charge in [-0.25, -0.2) is 0 Å². The molecule has 0 aromatic heterocycles. The quantitative estimate of drug-likeness (QED) is 0.121. The molecular formula is C31H39ClN4O9. The summed E-state index contributed by atoms with van der Waals surface area (Å²) in [5, 5.41) is 30.1. The summed E-state index contributed by atoms with van der Waals surface area (Å²) in [6.45, 7) is 1.05. The zero-order valence-electron chi connectivity index (χ0n) is 25.0. The van der Waals surface area contributed by atoms with Crippen molar-refractivity contribution < 1.29 is 38.7 Å². The number of nitrogens with zero attached hydrogens (tertiary/aromatic N) is 1. The van der Waals surface area contributed by atoms with Crippen molar-refractivity contribution in [3.63, 3.8) is 0 Å². The Morgan fingerprint density at radius 1 is 1.04 bits per heavy atom. The van der Waals surface area contributed by atoms with Crippen molar-refractivity contribution in [2.75, 3.05) is 19.8 Å². The molecule has 0 bridgehead atoms. The van der Waals surface area contributed by atoms with Gasteiger partial charge in [0.2, 0.25) is 5.91 Å². The maximum Gasteiger partial charge on any atom is 0.325 e. The van der Waals surface area contributed by atoms with Crippen LogP contribution in [0.5, 0.6) is 0 Å². The highest BCUT2D eigenvalue weighted by atomic mass is 35.5. The van der Waals surface area contributed by atoms with Crippen molar-refractivity contribution in [3.05, 3.63) is 74.8 Å². The summed E-state index contributed by atoms with van der Waals surface area (Å²) >= 11 is 6.02. The Labute approximate surface area is 266 Å². The van der Waals surface area contributed by atoms with E-state index in [1.54, 1.807) is 6.92 Å². The van der Waals surface area contributed by atoms with Crippen LogP contribution in [-0.2, 0) is 30.5 Å². The number of nitro groups is 1. The minimum absolute atomic E-state index is 0.0923. The molecule has 2 aromatic rings. The molecule has 1 aliphatic carbocycles. The van der Waals surface area contributed by atoms with Gasteiger partial charge in [-0.2, -0.15) is 0 Å². The number of carbonyl (C=O) groups is 4. The Hall–Kier alpha value is -4.07. The zero-order chi connectivity index (χ0) is 32.8. The average Bonchev–Trinajstić information content (AvgIpc) is 3.03. The maximum absolute atomic E-state index is 13.7. The molecule has 1 fully saturated rings. The van der Waals surface area contributed by atoms with Crippen LogP contribution in [0.25, 0.3) is 0 Å². The summed E-state index contributed by atoms with van der Waals surface area (Å²) in [5.74, 6) is -3.15. The standard InChI is InChI=1S/C31H39ClN4O9/c1-2-45-27(37)17-33-31(41)28(38)25(19-44-18-21-11-7-4-8-12-21)35-30(40)24(15-20-9-5-3-6-10-20)34-29(39)23-16-22(32)13-14-26(23)36(42)43/h4,7-8,11-14,16,20,24-25,28,38H,2-3,5-6,9-10,15,17-19H2,1H3,(H,33,41)(H,34,39)(H,35,40)/t24-,25-,28?/m0/s1. The molecule has 4 N–H and O–H groups in total. The predicted molar refractivity (Wildman–Crippen MR) is 164 cm³/mol. The number of aliphatic hydroxyl groups excluding tert-OH is 1. The minimum atomic E-state index is -1.83. The Bertz CT molecular complexity index is 1320. The number of aliphatic hydroxyl groups is 1. The molecule has 1 saturated carbocycles. The van der Waals surface area contributed by atoms with E-state index in [2.05, 4.69) is 16.0 Å². The van der Waals surface area contributed by atoms with Crippen molar-refractivity contribution in [1.82, 2.24) is 16.0 Å². The van der Waals surface area contributed by atoms with Gasteiger partial charge in [-0.3, -0.25) is 29.3 Å². The molecule has 0 heterocycles. The van der Waals surface area contributed by atoms with Crippen molar-refractivity contribution in [2.45, 2.75) is 70.2 Å². The molecule has 3 rings (SSSR count). The molecule has 45 heavy (non-hydrogen) atoms. The molecule has 3 atom stereocenters. The van der Waals surface area contributed by atoms with E-state index in [0.717, 1.165) is 49.8 Å². The van der Waals surface area contributed by atoms with Crippen molar-refractivity contribution in [1.29, 1.82) is 0 Å². The van der Waals surface area contributed by atoms with Crippen LogP contribution >= 0.6 is 11.6 Å². The van der Waals surface area contributed by atoms with Crippen molar-refractivity contribution in [3.8, 4) is 0 Å². The van der Waals surface area contributed by atoms with Crippen molar-refractivity contribution in [2.24, 2.45) is 5.92 Å². The summed E-state index contributed by atoms with van der Waals surface area (Å²) in [6, 6.07) is 10.2. The average molecular weight is 647 g/mol. The van der Waals surface area contributed by atoms with Crippen LogP contribution in [0.4, 0.5) is 5.69 Å². The van der Waals surface area contributed by atoms with Gasteiger partial charge in [0.05, 0.1) is 30.8 Å². The SMILES string of the molecule is CCOC(=O)CNC(=O)C(O)[C@H](COCc1ccccc1)NC(=O)[C@H](CC1CCCCC1)NC(=O)c1cc(Cl)ccc1[N+](=O)[O-]. The third-order valence-corrected chi connectivity index (χ3v) is 7.65. The monoisotopic (exact) mass is 646 g/mol. The fourth-order valence-corrected chi connectivity index (χ4v) is 5.28. The number of halogens is 1. The molecule has 0 spiro atoms. The molecule has 14 heteroatoms. The zero-order valence-corrected chi connectivity index (χ0v) is 25.8.